The second-order valence-corrected chi connectivity index (χ2v) is 5.72. The fraction of sp³-hybridized carbons (Fsp3) is 0.500. The SMILES string of the molecule is CCOC(=O)CCCNC(=O)COC(=O)CCNC(=O)c1ccsc1. The highest BCUT2D eigenvalue weighted by Crippen LogP contribution is 2.05. The van der Waals surface area contributed by atoms with Crippen LogP contribution in [0.5, 0.6) is 0 Å². The molecule has 0 spiro atoms. The summed E-state index contributed by atoms with van der Waals surface area (Å²) >= 11 is 1.41. The number of amides is 2. The van der Waals surface area contributed by atoms with Crippen LogP contribution in [-0.4, -0.2) is 50.1 Å². The maximum absolute atomic E-state index is 11.6. The Balaban J connectivity index is 2.04. The standard InChI is InChI=1S/C16H22N2O6S/c1-2-23-14(20)4-3-7-17-13(19)10-24-15(21)5-8-18-16(22)12-6-9-25-11-12/h6,9,11H,2-5,7-8,10H2,1H3,(H,17,19)(H,18,22). The summed E-state index contributed by atoms with van der Waals surface area (Å²) in [7, 11) is 0. The predicted molar refractivity (Wildman–Crippen MR) is 91.1 cm³/mol. The van der Waals surface area contributed by atoms with Crippen molar-refractivity contribution >= 4 is 35.1 Å². The Kier molecular flexibility index (Phi) is 9.91. The van der Waals surface area contributed by atoms with Crippen LogP contribution in [0.2, 0.25) is 0 Å². The first-order chi connectivity index (χ1) is 12.0. The van der Waals surface area contributed by atoms with Crippen LogP contribution < -0.4 is 10.6 Å². The lowest BCUT2D eigenvalue weighted by molar-refractivity contribution is -0.148. The molecule has 0 aliphatic heterocycles. The topological polar surface area (TPSA) is 111 Å². The van der Waals surface area contributed by atoms with Crippen molar-refractivity contribution in [1.82, 2.24) is 10.6 Å². The van der Waals surface area contributed by atoms with E-state index in [4.69, 9.17) is 9.47 Å². The average molecular weight is 370 g/mol. The quantitative estimate of drug-likeness (QED) is 0.442. The third-order valence-electron chi connectivity index (χ3n) is 2.95. The first-order valence-electron chi connectivity index (χ1n) is 7.91. The molecule has 2 amide bonds. The molecular weight excluding hydrogens is 348 g/mol. The Morgan fingerprint density at radius 1 is 1.04 bits per heavy atom. The van der Waals surface area contributed by atoms with E-state index < -0.39 is 18.5 Å². The van der Waals surface area contributed by atoms with E-state index >= 15 is 0 Å². The number of hydrogen-bond donors (Lipinski definition) is 2. The monoisotopic (exact) mass is 370 g/mol. The molecule has 0 atom stereocenters. The molecule has 0 saturated carbocycles. The van der Waals surface area contributed by atoms with Crippen LogP contribution in [-0.2, 0) is 23.9 Å². The van der Waals surface area contributed by atoms with Crippen LogP contribution >= 0.6 is 11.3 Å². The van der Waals surface area contributed by atoms with Gasteiger partial charge in [-0.25, -0.2) is 0 Å². The smallest absolute Gasteiger partial charge is 0.308 e. The minimum Gasteiger partial charge on any atom is -0.466 e. The van der Waals surface area contributed by atoms with Crippen molar-refractivity contribution in [3.8, 4) is 0 Å². The summed E-state index contributed by atoms with van der Waals surface area (Å²) in [5, 5.41) is 8.62. The molecule has 0 aliphatic rings. The third kappa shape index (κ3) is 9.46. The van der Waals surface area contributed by atoms with Crippen LogP contribution in [0.1, 0.15) is 36.5 Å². The van der Waals surface area contributed by atoms with Gasteiger partial charge >= 0.3 is 11.9 Å². The zero-order valence-electron chi connectivity index (χ0n) is 14.0. The summed E-state index contributed by atoms with van der Waals surface area (Å²) in [6, 6.07) is 1.69. The molecule has 1 heterocycles. The predicted octanol–water partition coefficient (Wildman–Crippen LogP) is 0.871. The zero-order chi connectivity index (χ0) is 18.5. The van der Waals surface area contributed by atoms with Gasteiger partial charge in [-0.3, -0.25) is 19.2 Å². The van der Waals surface area contributed by atoms with Crippen molar-refractivity contribution in [2.45, 2.75) is 26.2 Å². The average Bonchev–Trinajstić information content (AvgIpc) is 3.12. The Morgan fingerprint density at radius 2 is 1.80 bits per heavy atom. The lowest BCUT2D eigenvalue weighted by atomic mass is 10.3. The van der Waals surface area contributed by atoms with Gasteiger partial charge in [-0.05, 0) is 24.8 Å². The summed E-state index contributed by atoms with van der Waals surface area (Å²) in [6.45, 7) is 2.09. The molecule has 1 aromatic heterocycles. The Morgan fingerprint density at radius 3 is 2.48 bits per heavy atom. The summed E-state index contributed by atoms with van der Waals surface area (Å²) in [4.78, 5) is 45.7. The van der Waals surface area contributed by atoms with Gasteiger partial charge in [-0.2, -0.15) is 11.3 Å². The molecule has 25 heavy (non-hydrogen) atoms. The lowest BCUT2D eigenvalue weighted by Crippen LogP contribution is -2.31. The summed E-state index contributed by atoms with van der Waals surface area (Å²) in [5.41, 5.74) is 0.542. The molecule has 138 valence electrons. The number of rotatable bonds is 11. The number of carbonyl (C=O) groups is 4. The molecular formula is C16H22N2O6S. The summed E-state index contributed by atoms with van der Waals surface area (Å²) < 4.78 is 9.56. The van der Waals surface area contributed by atoms with Crippen molar-refractivity contribution < 1.29 is 28.7 Å². The van der Waals surface area contributed by atoms with Crippen LogP contribution in [0.4, 0.5) is 0 Å². The number of esters is 2. The first-order valence-corrected chi connectivity index (χ1v) is 8.85. The second-order valence-electron chi connectivity index (χ2n) is 4.94. The Hall–Kier alpha value is -2.42. The van der Waals surface area contributed by atoms with Crippen LogP contribution in [0.15, 0.2) is 16.8 Å². The molecule has 1 aromatic rings. The number of hydrogen-bond acceptors (Lipinski definition) is 7. The van der Waals surface area contributed by atoms with Crippen LogP contribution in [0.3, 0.4) is 0 Å². The fourth-order valence-electron chi connectivity index (χ4n) is 1.74. The highest BCUT2D eigenvalue weighted by molar-refractivity contribution is 7.08. The molecule has 2 N–H and O–H groups in total. The van der Waals surface area contributed by atoms with Crippen LogP contribution in [0, 0.1) is 0 Å². The molecule has 8 nitrogen and oxygen atoms in total. The van der Waals surface area contributed by atoms with Crippen molar-refractivity contribution in [2.24, 2.45) is 0 Å². The van der Waals surface area contributed by atoms with E-state index in [0.29, 0.717) is 25.1 Å². The summed E-state index contributed by atoms with van der Waals surface area (Å²) in [6.07, 6.45) is 0.650. The number of ether oxygens (including phenoxy) is 2. The number of thiophene rings is 1. The highest BCUT2D eigenvalue weighted by atomic mass is 32.1. The van der Waals surface area contributed by atoms with E-state index in [9.17, 15) is 19.2 Å². The zero-order valence-corrected chi connectivity index (χ0v) is 14.9. The molecule has 0 bridgehead atoms. The van der Waals surface area contributed by atoms with Gasteiger partial charge in [0.15, 0.2) is 6.61 Å². The normalized spacial score (nSPS) is 9.96. The van der Waals surface area contributed by atoms with Gasteiger partial charge in [0.1, 0.15) is 0 Å². The second kappa shape index (κ2) is 12.0. The van der Waals surface area contributed by atoms with Gasteiger partial charge < -0.3 is 20.1 Å². The highest BCUT2D eigenvalue weighted by Gasteiger charge is 2.10. The molecule has 0 aromatic carbocycles. The molecule has 1 rings (SSSR count). The third-order valence-corrected chi connectivity index (χ3v) is 3.63. The van der Waals surface area contributed by atoms with Gasteiger partial charge in [0.2, 0.25) is 0 Å². The van der Waals surface area contributed by atoms with E-state index in [2.05, 4.69) is 10.6 Å². The minimum absolute atomic E-state index is 0.0218. The largest absolute Gasteiger partial charge is 0.466 e. The molecule has 0 aliphatic carbocycles. The molecule has 0 saturated heterocycles. The molecule has 0 fully saturated rings. The molecule has 9 heteroatoms. The van der Waals surface area contributed by atoms with E-state index in [1.54, 1.807) is 23.8 Å². The van der Waals surface area contributed by atoms with Gasteiger partial charge in [-0.1, -0.05) is 0 Å². The van der Waals surface area contributed by atoms with Gasteiger partial charge in [-0.15, -0.1) is 0 Å². The molecule has 0 unspecified atom stereocenters. The Labute approximate surface area is 149 Å². The molecule has 0 radical (unpaired) electrons. The first kappa shape index (κ1) is 20.6. The van der Waals surface area contributed by atoms with E-state index in [-0.39, 0.29) is 31.3 Å². The maximum atomic E-state index is 11.6. The number of nitrogens with one attached hydrogen (secondary N) is 2. The van der Waals surface area contributed by atoms with Gasteiger partial charge in [0, 0.05) is 30.5 Å². The van der Waals surface area contributed by atoms with E-state index in [0.717, 1.165) is 0 Å². The minimum atomic E-state index is -0.577. The lowest BCUT2D eigenvalue weighted by Gasteiger charge is -2.07. The van der Waals surface area contributed by atoms with Crippen molar-refractivity contribution in [3.05, 3.63) is 22.4 Å². The number of carbonyl (C=O) groups excluding carboxylic acids is 4. The summed E-state index contributed by atoms with van der Waals surface area (Å²) in [5.74, 6) is -1.59. The van der Waals surface area contributed by atoms with Crippen molar-refractivity contribution in [3.63, 3.8) is 0 Å². The van der Waals surface area contributed by atoms with Gasteiger partial charge in [0.05, 0.1) is 13.0 Å². The van der Waals surface area contributed by atoms with E-state index in [1.807, 2.05) is 0 Å². The van der Waals surface area contributed by atoms with Crippen LogP contribution in [0.25, 0.3) is 0 Å². The Bertz CT molecular complexity index is 573. The van der Waals surface area contributed by atoms with Crippen molar-refractivity contribution in [1.29, 1.82) is 0 Å². The fourth-order valence-corrected chi connectivity index (χ4v) is 2.37. The maximum Gasteiger partial charge on any atom is 0.308 e. The van der Waals surface area contributed by atoms with E-state index in [1.165, 1.54) is 11.3 Å². The van der Waals surface area contributed by atoms with Crippen molar-refractivity contribution in [2.75, 3.05) is 26.3 Å². The van der Waals surface area contributed by atoms with Gasteiger partial charge in [0.25, 0.3) is 11.8 Å².